The van der Waals surface area contributed by atoms with Gasteiger partial charge in [0.2, 0.25) is 0 Å². The van der Waals surface area contributed by atoms with Gasteiger partial charge in [0.25, 0.3) is 5.91 Å². The molecular weight excluding hydrogens is 394 g/mol. The SMILES string of the molecule is Cc1cccc(N(C(=O)c2ccccc2)C2CCN(Cc3c(F)cccc3F)CC2)c1. The molecule has 0 spiro atoms. The third-order valence-electron chi connectivity index (χ3n) is 5.89. The Morgan fingerprint density at radius 2 is 1.58 bits per heavy atom. The van der Waals surface area contributed by atoms with Crippen molar-refractivity contribution in [3.63, 3.8) is 0 Å². The first-order valence-corrected chi connectivity index (χ1v) is 10.6. The molecule has 1 aliphatic heterocycles. The molecule has 4 rings (SSSR count). The summed E-state index contributed by atoms with van der Waals surface area (Å²) in [5.41, 5.74) is 2.74. The maximum Gasteiger partial charge on any atom is 0.258 e. The smallest absolute Gasteiger partial charge is 0.258 e. The van der Waals surface area contributed by atoms with E-state index in [9.17, 15) is 13.6 Å². The number of rotatable bonds is 5. The summed E-state index contributed by atoms with van der Waals surface area (Å²) in [5, 5.41) is 0. The molecule has 1 aliphatic rings. The lowest BCUT2D eigenvalue weighted by Crippen LogP contribution is -2.47. The fraction of sp³-hybridized carbons (Fsp3) is 0.269. The minimum Gasteiger partial charge on any atom is -0.305 e. The molecule has 31 heavy (non-hydrogen) atoms. The zero-order valence-corrected chi connectivity index (χ0v) is 17.6. The summed E-state index contributed by atoms with van der Waals surface area (Å²) in [6.07, 6.45) is 1.48. The van der Waals surface area contributed by atoms with Crippen LogP contribution in [0.25, 0.3) is 0 Å². The highest BCUT2D eigenvalue weighted by Crippen LogP contribution is 2.28. The lowest BCUT2D eigenvalue weighted by molar-refractivity contribution is 0.0958. The quantitative estimate of drug-likeness (QED) is 0.538. The number of likely N-dealkylation sites (tertiary alicyclic amines) is 1. The molecule has 1 saturated heterocycles. The lowest BCUT2D eigenvalue weighted by Gasteiger charge is -2.39. The summed E-state index contributed by atoms with van der Waals surface area (Å²) >= 11 is 0. The second-order valence-electron chi connectivity index (χ2n) is 8.09. The van der Waals surface area contributed by atoms with Gasteiger partial charge in [-0.3, -0.25) is 9.69 Å². The summed E-state index contributed by atoms with van der Waals surface area (Å²) < 4.78 is 28.1. The highest BCUT2D eigenvalue weighted by molar-refractivity contribution is 6.06. The third-order valence-corrected chi connectivity index (χ3v) is 5.89. The average molecular weight is 421 g/mol. The first kappa shape index (κ1) is 21.2. The van der Waals surface area contributed by atoms with Crippen molar-refractivity contribution in [3.8, 4) is 0 Å². The van der Waals surface area contributed by atoms with Gasteiger partial charge in [0.15, 0.2) is 0 Å². The van der Waals surface area contributed by atoms with Crippen molar-refractivity contribution in [1.82, 2.24) is 4.90 Å². The van der Waals surface area contributed by atoms with Crippen LogP contribution in [0, 0.1) is 18.6 Å². The van der Waals surface area contributed by atoms with Crippen LogP contribution in [0.1, 0.15) is 34.3 Å². The molecule has 3 aromatic rings. The van der Waals surface area contributed by atoms with Crippen molar-refractivity contribution in [1.29, 1.82) is 0 Å². The number of carbonyl (C=O) groups is 1. The van der Waals surface area contributed by atoms with Crippen molar-refractivity contribution in [2.45, 2.75) is 32.4 Å². The topological polar surface area (TPSA) is 23.6 Å². The second kappa shape index (κ2) is 9.40. The van der Waals surface area contributed by atoms with E-state index in [4.69, 9.17) is 0 Å². The van der Waals surface area contributed by atoms with Gasteiger partial charge in [-0.25, -0.2) is 8.78 Å². The molecule has 0 atom stereocenters. The number of aryl methyl sites for hydroxylation is 1. The van der Waals surface area contributed by atoms with Gasteiger partial charge in [-0.05, 0) is 61.7 Å². The van der Waals surface area contributed by atoms with E-state index >= 15 is 0 Å². The summed E-state index contributed by atoms with van der Waals surface area (Å²) in [7, 11) is 0. The fourth-order valence-corrected chi connectivity index (χ4v) is 4.23. The van der Waals surface area contributed by atoms with Crippen LogP contribution in [-0.4, -0.2) is 29.9 Å². The van der Waals surface area contributed by atoms with Gasteiger partial charge in [0, 0.05) is 42.5 Å². The van der Waals surface area contributed by atoms with Crippen molar-refractivity contribution in [2.24, 2.45) is 0 Å². The molecule has 5 heteroatoms. The van der Waals surface area contributed by atoms with Crippen molar-refractivity contribution < 1.29 is 13.6 Å². The number of halogens is 2. The van der Waals surface area contributed by atoms with Gasteiger partial charge >= 0.3 is 0 Å². The highest BCUT2D eigenvalue weighted by Gasteiger charge is 2.30. The summed E-state index contributed by atoms with van der Waals surface area (Å²) in [6, 6.07) is 21.3. The summed E-state index contributed by atoms with van der Waals surface area (Å²) in [4.78, 5) is 17.4. The van der Waals surface area contributed by atoms with Crippen LogP contribution in [0.15, 0.2) is 72.8 Å². The van der Waals surface area contributed by atoms with E-state index in [1.807, 2.05) is 66.4 Å². The molecule has 0 bridgehead atoms. The zero-order valence-electron chi connectivity index (χ0n) is 17.6. The highest BCUT2D eigenvalue weighted by atomic mass is 19.1. The minimum absolute atomic E-state index is 0.0233. The van der Waals surface area contributed by atoms with Crippen LogP contribution in [-0.2, 0) is 6.54 Å². The Labute approximate surface area is 181 Å². The molecule has 1 heterocycles. The Kier molecular flexibility index (Phi) is 6.42. The average Bonchev–Trinajstić information content (AvgIpc) is 2.78. The molecule has 1 fully saturated rings. The number of nitrogens with zero attached hydrogens (tertiary/aromatic N) is 2. The number of piperidine rings is 1. The Balaban J connectivity index is 1.53. The van der Waals surface area contributed by atoms with Gasteiger partial charge in [0.1, 0.15) is 11.6 Å². The molecule has 3 nitrogen and oxygen atoms in total. The number of benzene rings is 3. The summed E-state index contributed by atoms with van der Waals surface area (Å²) in [6.45, 7) is 3.59. The molecule has 0 aliphatic carbocycles. The lowest BCUT2D eigenvalue weighted by atomic mass is 9.99. The molecule has 0 saturated carbocycles. The van der Waals surface area contributed by atoms with Gasteiger partial charge in [-0.1, -0.05) is 36.4 Å². The van der Waals surface area contributed by atoms with Gasteiger partial charge < -0.3 is 4.90 Å². The zero-order chi connectivity index (χ0) is 21.8. The molecule has 160 valence electrons. The van der Waals surface area contributed by atoms with Gasteiger partial charge in [-0.2, -0.15) is 0 Å². The van der Waals surface area contributed by atoms with Crippen LogP contribution < -0.4 is 4.90 Å². The fourth-order valence-electron chi connectivity index (χ4n) is 4.23. The molecule has 0 radical (unpaired) electrons. The maximum absolute atomic E-state index is 14.0. The van der Waals surface area contributed by atoms with E-state index in [1.165, 1.54) is 18.2 Å². The van der Waals surface area contributed by atoms with Crippen molar-refractivity contribution >= 4 is 11.6 Å². The van der Waals surface area contributed by atoms with Crippen LogP contribution >= 0.6 is 0 Å². The Morgan fingerprint density at radius 1 is 0.935 bits per heavy atom. The van der Waals surface area contributed by atoms with E-state index in [0.29, 0.717) is 18.7 Å². The van der Waals surface area contributed by atoms with E-state index < -0.39 is 11.6 Å². The monoisotopic (exact) mass is 420 g/mol. The molecule has 1 amide bonds. The van der Waals surface area contributed by atoms with Crippen LogP contribution in [0.2, 0.25) is 0 Å². The predicted molar refractivity (Wildman–Crippen MR) is 119 cm³/mol. The van der Waals surface area contributed by atoms with E-state index in [1.54, 1.807) is 0 Å². The van der Waals surface area contributed by atoms with E-state index in [0.717, 1.165) is 24.1 Å². The Morgan fingerprint density at radius 3 is 2.23 bits per heavy atom. The summed E-state index contributed by atoms with van der Waals surface area (Å²) in [5.74, 6) is -1.05. The molecule has 0 N–H and O–H groups in total. The Hall–Kier alpha value is -3.05. The van der Waals surface area contributed by atoms with Crippen molar-refractivity contribution in [2.75, 3.05) is 18.0 Å². The first-order chi connectivity index (χ1) is 15.0. The maximum atomic E-state index is 14.0. The van der Waals surface area contributed by atoms with E-state index in [2.05, 4.69) is 4.90 Å². The normalized spacial score (nSPS) is 15.1. The van der Waals surface area contributed by atoms with Crippen molar-refractivity contribution in [3.05, 3.63) is 101 Å². The minimum atomic E-state index is -0.511. The molecular formula is C26H26F2N2O. The van der Waals surface area contributed by atoms with Gasteiger partial charge in [0.05, 0.1) is 0 Å². The molecule has 0 aromatic heterocycles. The van der Waals surface area contributed by atoms with Crippen LogP contribution in [0.3, 0.4) is 0 Å². The Bertz CT molecular complexity index is 1030. The molecule has 3 aromatic carbocycles. The largest absolute Gasteiger partial charge is 0.305 e. The molecule has 0 unspecified atom stereocenters. The number of hydrogen-bond acceptors (Lipinski definition) is 2. The number of carbonyl (C=O) groups excluding carboxylic acids is 1. The standard InChI is InChI=1S/C26H26F2N2O/c1-19-7-5-10-22(17-19)30(26(31)20-8-3-2-4-9-20)21-13-15-29(16-14-21)18-23-24(27)11-6-12-25(23)28/h2-12,17,21H,13-16,18H2,1H3. The van der Waals surface area contributed by atoms with Gasteiger partial charge in [-0.15, -0.1) is 0 Å². The van der Waals surface area contributed by atoms with E-state index in [-0.39, 0.29) is 24.1 Å². The number of hydrogen-bond donors (Lipinski definition) is 0. The first-order valence-electron chi connectivity index (χ1n) is 10.6. The number of anilines is 1. The number of amides is 1. The van der Waals surface area contributed by atoms with Crippen LogP contribution in [0.4, 0.5) is 14.5 Å². The predicted octanol–water partition coefficient (Wildman–Crippen LogP) is 5.58. The third kappa shape index (κ3) is 4.83. The van der Waals surface area contributed by atoms with Crippen LogP contribution in [0.5, 0.6) is 0 Å². The second-order valence-corrected chi connectivity index (χ2v) is 8.09.